The molecule has 94 valence electrons. The molecular weight excluding hydrogens is 282 g/mol. The first-order valence-corrected chi connectivity index (χ1v) is 6.68. The topological polar surface area (TPSA) is 47.8 Å². The maximum atomic E-state index is 11.2. The number of thiophene rings is 1. The van der Waals surface area contributed by atoms with Crippen molar-refractivity contribution < 1.29 is 4.79 Å². The summed E-state index contributed by atoms with van der Waals surface area (Å²) >= 11 is 7.31. The molecule has 0 fully saturated rings. The van der Waals surface area contributed by atoms with Crippen LogP contribution in [0.2, 0.25) is 4.34 Å². The van der Waals surface area contributed by atoms with Crippen LogP contribution in [-0.4, -0.2) is 21.1 Å². The second-order valence-corrected chi connectivity index (χ2v) is 5.52. The summed E-state index contributed by atoms with van der Waals surface area (Å²) in [6.07, 6.45) is 5.86. The Morgan fingerprint density at radius 2 is 2.00 bits per heavy atom. The molecule has 3 aromatic rings. The first-order valence-electron chi connectivity index (χ1n) is 5.49. The predicted octanol–water partition coefficient (Wildman–Crippen LogP) is 3.46. The van der Waals surface area contributed by atoms with E-state index in [1.807, 2.05) is 18.2 Å². The van der Waals surface area contributed by atoms with Gasteiger partial charge in [-0.1, -0.05) is 11.6 Å². The van der Waals surface area contributed by atoms with Crippen LogP contribution in [0.3, 0.4) is 0 Å². The van der Waals surface area contributed by atoms with Crippen molar-refractivity contribution in [2.75, 3.05) is 0 Å². The van der Waals surface area contributed by atoms with E-state index in [1.165, 1.54) is 11.3 Å². The number of nitrogens with zero attached hydrogens (tertiary/aromatic N) is 3. The van der Waals surface area contributed by atoms with Crippen molar-refractivity contribution in [1.29, 1.82) is 0 Å². The SMILES string of the molecule is O=Cc1cn(-c2ccncc2)nc1-c1ccc(Cl)s1. The molecule has 0 N–H and O–H groups in total. The monoisotopic (exact) mass is 289 g/mol. The highest BCUT2D eigenvalue weighted by molar-refractivity contribution is 7.19. The summed E-state index contributed by atoms with van der Waals surface area (Å²) in [6.45, 7) is 0. The Kier molecular flexibility index (Phi) is 3.15. The Morgan fingerprint density at radius 3 is 2.63 bits per heavy atom. The molecule has 0 aliphatic heterocycles. The lowest BCUT2D eigenvalue weighted by Crippen LogP contribution is -1.94. The van der Waals surface area contributed by atoms with Crippen LogP contribution in [0.4, 0.5) is 0 Å². The molecule has 0 spiro atoms. The Hall–Kier alpha value is -1.98. The summed E-state index contributed by atoms with van der Waals surface area (Å²) in [6, 6.07) is 7.31. The van der Waals surface area contributed by atoms with Gasteiger partial charge in [0.15, 0.2) is 6.29 Å². The van der Waals surface area contributed by atoms with Gasteiger partial charge < -0.3 is 0 Å². The number of rotatable bonds is 3. The van der Waals surface area contributed by atoms with Gasteiger partial charge in [0.1, 0.15) is 5.69 Å². The molecule has 6 heteroatoms. The highest BCUT2D eigenvalue weighted by Crippen LogP contribution is 2.32. The van der Waals surface area contributed by atoms with Gasteiger partial charge in [0.05, 0.1) is 20.5 Å². The number of hydrogen-bond acceptors (Lipinski definition) is 4. The minimum atomic E-state index is 0.537. The lowest BCUT2D eigenvalue weighted by Gasteiger charge is -1.98. The number of hydrogen-bond donors (Lipinski definition) is 0. The van der Waals surface area contributed by atoms with Gasteiger partial charge in [0.2, 0.25) is 0 Å². The molecule has 4 nitrogen and oxygen atoms in total. The maximum absolute atomic E-state index is 11.2. The average molecular weight is 290 g/mol. The normalized spacial score (nSPS) is 10.6. The zero-order valence-corrected chi connectivity index (χ0v) is 11.2. The zero-order valence-electron chi connectivity index (χ0n) is 9.65. The third-order valence-corrected chi connectivity index (χ3v) is 3.84. The first-order chi connectivity index (χ1) is 9.28. The average Bonchev–Trinajstić information content (AvgIpc) is 3.05. The van der Waals surface area contributed by atoms with E-state index in [4.69, 9.17) is 11.6 Å². The van der Waals surface area contributed by atoms with Crippen LogP contribution in [0.25, 0.3) is 16.3 Å². The van der Waals surface area contributed by atoms with Crippen molar-refractivity contribution in [2.45, 2.75) is 0 Å². The Labute approximate surface area is 118 Å². The Bertz CT molecular complexity index is 721. The number of aromatic nitrogens is 3. The van der Waals surface area contributed by atoms with Gasteiger partial charge in [-0.05, 0) is 24.3 Å². The summed E-state index contributed by atoms with van der Waals surface area (Å²) in [5.41, 5.74) is 2.03. The smallest absolute Gasteiger partial charge is 0.153 e. The number of carbonyl (C=O) groups is 1. The number of pyridine rings is 1. The van der Waals surface area contributed by atoms with Crippen LogP contribution in [-0.2, 0) is 0 Å². The van der Waals surface area contributed by atoms with Crippen LogP contribution in [0.1, 0.15) is 10.4 Å². The highest BCUT2D eigenvalue weighted by Gasteiger charge is 2.13. The second kappa shape index (κ2) is 4.95. The Morgan fingerprint density at radius 1 is 1.21 bits per heavy atom. The molecule has 3 rings (SSSR count). The molecule has 0 atom stereocenters. The molecule has 0 aromatic carbocycles. The van der Waals surface area contributed by atoms with Gasteiger partial charge in [-0.25, -0.2) is 4.68 Å². The minimum Gasteiger partial charge on any atom is -0.298 e. The molecule has 0 bridgehead atoms. The minimum absolute atomic E-state index is 0.537. The molecule has 0 amide bonds. The molecule has 3 aromatic heterocycles. The molecule has 0 aliphatic rings. The maximum Gasteiger partial charge on any atom is 0.153 e. The fraction of sp³-hybridized carbons (Fsp3) is 0. The summed E-state index contributed by atoms with van der Waals surface area (Å²) in [4.78, 5) is 16.0. The molecule has 3 heterocycles. The van der Waals surface area contributed by atoms with Crippen LogP contribution in [0, 0.1) is 0 Å². The third-order valence-electron chi connectivity index (χ3n) is 2.60. The van der Waals surface area contributed by atoms with Crippen molar-refractivity contribution in [3.8, 4) is 16.3 Å². The predicted molar refractivity (Wildman–Crippen MR) is 75.1 cm³/mol. The van der Waals surface area contributed by atoms with Gasteiger partial charge in [0.25, 0.3) is 0 Å². The number of carbonyl (C=O) groups excluding carboxylic acids is 1. The van der Waals surface area contributed by atoms with E-state index in [-0.39, 0.29) is 0 Å². The quantitative estimate of drug-likeness (QED) is 0.694. The zero-order chi connectivity index (χ0) is 13.2. The van der Waals surface area contributed by atoms with E-state index < -0.39 is 0 Å². The van der Waals surface area contributed by atoms with E-state index >= 15 is 0 Å². The molecule has 0 saturated carbocycles. The molecule has 0 aliphatic carbocycles. The Balaban J connectivity index is 2.11. The standard InChI is InChI=1S/C13H8ClN3OS/c14-12-2-1-11(19-12)13-9(8-18)7-17(16-13)10-3-5-15-6-4-10/h1-8H. The van der Waals surface area contributed by atoms with Crippen molar-refractivity contribution in [3.05, 3.63) is 52.8 Å². The summed E-state index contributed by atoms with van der Waals surface area (Å²) in [5.74, 6) is 0. The van der Waals surface area contributed by atoms with E-state index in [1.54, 1.807) is 29.3 Å². The van der Waals surface area contributed by atoms with Crippen LogP contribution in [0.15, 0.2) is 42.9 Å². The van der Waals surface area contributed by atoms with E-state index in [2.05, 4.69) is 10.1 Å². The highest BCUT2D eigenvalue weighted by atomic mass is 35.5. The summed E-state index contributed by atoms with van der Waals surface area (Å²) < 4.78 is 2.33. The van der Waals surface area contributed by atoms with E-state index in [9.17, 15) is 4.79 Å². The van der Waals surface area contributed by atoms with Gasteiger partial charge in [-0.15, -0.1) is 11.3 Å². The fourth-order valence-corrected chi connectivity index (χ4v) is 2.79. The lowest BCUT2D eigenvalue weighted by atomic mass is 10.2. The van der Waals surface area contributed by atoms with Gasteiger partial charge in [-0.2, -0.15) is 5.10 Å². The molecule has 19 heavy (non-hydrogen) atoms. The third kappa shape index (κ3) is 2.30. The molecular formula is C13H8ClN3OS. The van der Waals surface area contributed by atoms with Crippen LogP contribution in [0.5, 0.6) is 0 Å². The van der Waals surface area contributed by atoms with Crippen LogP contribution < -0.4 is 0 Å². The van der Waals surface area contributed by atoms with Crippen molar-refractivity contribution in [1.82, 2.24) is 14.8 Å². The van der Waals surface area contributed by atoms with Crippen molar-refractivity contribution >= 4 is 29.2 Å². The molecule has 0 radical (unpaired) electrons. The fourth-order valence-electron chi connectivity index (χ4n) is 1.74. The van der Waals surface area contributed by atoms with Crippen molar-refractivity contribution in [3.63, 3.8) is 0 Å². The van der Waals surface area contributed by atoms with Gasteiger partial charge >= 0.3 is 0 Å². The summed E-state index contributed by atoms with van der Waals surface area (Å²) in [7, 11) is 0. The molecule has 0 saturated heterocycles. The first kappa shape index (κ1) is 12.1. The molecule has 0 unspecified atom stereocenters. The van der Waals surface area contributed by atoms with E-state index in [0.717, 1.165) is 16.9 Å². The lowest BCUT2D eigenvalue weighted by molar-refractivity contribution is 0.112. The van der Waals surface area contributed by atoms with Crippen LogP contribution >= 0.6 is 22.9 Å². The van der Waals surface area contributed by atoms with Crippen molar-refractivity contribution in [2.24, 2.45) is 0 Å². The number of aldehydes is 1. The number of halogens is 1. The second-order valence-electron chi connectivity index (χ2n) is 3.80. The van der Waals surface area contributed by atoms with Gasteiger partial charge in [-0.3, -0.25) is 9.78 Å². The summed E-state index contributed by atoms with van der Waals surface area (Å²) in [5, 5.41) is 4.44. The largest absolute Gasteiger partial charge is 0.298 e. The van der Waals surface area contributed by atoms with Gasteiger partial charge in [0, 0.05) is 18.6 Å². The van der Waals surface area contributed by atoms with E-state index in [0.29, 0.717) is 15.6 Å².